The molecule has 0 aliphatic heterocycles. The largest absolute Gasteiger partial charge is 0.285 e. The maximum atomic E-state index is 10.8. The Labute approximate surface area is 86.0 Å². The average molecular weight is 265 g/mol. The van der Waals surface area contributed by atoms with E-state index in [1.807, 2.05) is 0 Å². The quantitative estimate of drug-likeness (QED) is 0.355. The highest BCUT2D eigenvalue weighted by molar-refractivity contribution is 9.10. The van der Waals surface area contributed by atoms with Crippen molar-refractivity contribution in [3.05, 3.63) is 32.5 Å². The Balaban J connectivity index is 3.43. The topological polar surface area (TPSA) is 73.1 Å². The van der Waals surface area contributed by atoms with Crippen molar-refractivity contribution >= 4 is 38.5 Å². The van der Waals surface area contributed by atoms with Gasteiger partial charge in [0.25, 0.3) is 10.9 Å². The van der Waals surface area contributed by atoms with Crippen molar-refractivity contribution in [1.29, 1.82) is 0 Å². The van der Waals surface area contributed by atoms with Crippen molar-refractivity contribution in [2.24, 2.45) is 0 Å². The number of hydrogen-bond acceptors (Lipinski definition) is 4. The fraction of sp³-hybridized carbons (Fsp3) is 0. The lowest BCUT2D eigenvalue weighted by molar-refractivity contribution is -0.385. The number of halogens is 2. The van der Waals surface area contributed by atoms with Gasteiger partial charge in [-0.3, -0.25) is 14.9 Å². The number of rotatable bonds is 2. The Morgan fingerprint density at radius 2 is 2.31 bits per heavy atom. The fourth-order valence-corrected chi connectivity index (χ4v) is 1.56. The molecule has 0 saturated carbocycles. The number of aromatic nitrogens is 1. The summed E-state index contributed by atoms with van der Waals surface area (Å²) in [6.45, 7) is 0. The van der Waals surface area contributed by atoms with E-state index in [-0.39, 0.29) is 15.9 Å². The molecule has 0 spiro atoms. The molecule has 68 valence electrons. The van der Waals surface area contributed by atoms with E-state index in [2.05, 4.69) is 20.9 Å². The van der Waals surface area contributed by atoms with Gasteiger partial charge >= 0.3 is 0 Å². The van der Waals surface area contributed by atoms with Crippen LogP contribution < -0.4 is 0 Å². The van der Waals surface area contributed by atoms with Crippen molar-refractivity contribution in [2.45, 2.75) is 0 Å². The normalized spacial score (nSPS) is 9.69. The SMILES string of the molecule is O=C(Cl)c1c([N+](=O)[O-])ccnc1Br. The molecule has 0 radical (unpaired) electrons. The lowest BCUT2D eigenvalue weighted by Gasteiger charge is -1.98. The molecule has 1 aromatic rings. The minimum atomic E-state index is -0.910. The summed E-state index contributed by atoms with van der Waals surface area (Å²) in [6, 6.07) is 1.11. The van der Waals surface area contributed by atoms with Crippen molar-refractivity contribution in [3.8, 4) is 0 Å². The molecule has 0 saturated heterocycles. The van der Waals surface area contributed by atoms with E-state index in [1.54, 1.807) is 0 Å². The smallest absolute Gasteiger partial charge is 0.275 e. The highest BCUT2D eigenvalue weighted by Gasteiger charge is 2.22. The Morgan fingerprint density at radius 3 is 2.69 bits per heavy atom. The molecule has 5 nitrogen and oxygen atoms in total. The van der Waals surface area contributed by atoms with Gasteiger partial charge in [-0.25, -0.2) is 4.98 Å². The van der Waals surface area contributed by atoms with Crippen molar-refractivity contribution < 1.29 is 9.72 Å². The number of hydrogen-bond donors (Lipinski definition) is 0. The Kier molecular flexibility index (Phi) is 2.94. The number of carbonyl (C=O) groups is 1. The van der Waals surface area contributed by atoms with Crippen LogP contribution in [-0.4, -0.2) is 15.1 Å². The van der Waals surface area contributed by atoms with Crippen LogP contribution in [0.25, 0.3) is 0 Å². The monoisotopic (exact) mass is 264 g/mol. The number of nitro groups is 1. The van der Waals surface area contributed by atoms with Crippen LogP contribution >= 0.6 is 27.5 Å². The van der Waals surface area contributed by atoms with Gasteiger partial charge in [0.1, 0.15) is 10.2 Å². The first-order valence-corrected chi connectivity index (χ1v) is 4.20. The first-order chi connectivity index (χ1) is 6.04. The van der Waals surface area contributed by atoms with Gasteiger partial charge in [-0.05, 0) is 27.5 Å². The second kappa shape index (κ2) is 3.80. The molecular weight excluding hydrogens is 263 g/mol. The van der Waals surface area contributed by atoms with Gasteiger partial charge in [0.05, 0.1) is 4.92 Å². The molecular formula is C6H2BrClN2O3. The Bertz CT molecular complexity index is 382. The number of nitrogens with zero attached hydrogens (tertiary/aromatic N) is 2. The third-order valence-corrected chi connectivity index (χ3v) is 2.07. The van der Waals surface area contributed by atoms with E-state index in [9.17, 15) is 14.9 Å². The molecule has 0 bridgehead atoms. The molecule has 0 aliphatic carbocycles. The lowest BCUT2D eigenvalue weighted by Crippen LogP contribution is -2.00. The molecule has 1 heterocycles. The maximum Gasteiger partial charge on any atom is 0.285 e. The van der Waals surface area contributed by atoms with E-state index in [0.29, 0.717) is 0 Å². The van der Waals surface area contributed by atoms with E-state index in [0.717, 1.165) is 6.07 Å². The molecule has 0 aliphatic rings. The summed E-state index contributed by atoms with van der Waals surface area (Å²) in [5, 5.41) is 9.51. The first-order valence-electron chi connectivity index (χ1n) is 3.02. The van der Waals surface area contributed by atoms with Crippen LogP contribution in [0, 0.1) is 10.1 Å². The molecule has 0 amide bonds. The standard InChI is InChI=1S/C6H2BrClN2O3/c7-5-4(6(8)11)3(10(12)13)1-2-9-5/h1-2H. The average Bonchev–Trinajstić information content (AvgIpc) is 2.02. The van der Waals surface area contributed by atoms with Crippen LogP contribution in [0.1, 0.15) is 10.4 Å². The zero-order valence-corrected chi connectivity index (χ0v) is 8.37. The molecule has 7 heteroatoms. The summed E-state index contributed by atoms with van der Waals surface area (Å²) in [6.07, 6.45) is 1.21. The zero-order valence-electron chi connectivity index (χ0n) is 6.03. The van der Waals surface area contributed by atoms with Crippen LogP contribution in [0.15, 0.2) is 16.9 Å². The van der Waals surface area contributed by atoms with Crippen LogP contribution in [0.5, 0.6) is 0 Å². The Morgan fingerprint density at radius 1 is 1.69 bits per heavy atom. The van der Waals surface area contributed by atoms with E-state index in [1.165, 1.54) is 6.20 Å². The molecule has 1 rings (SSSR count). The van der Waals surface area contributed by atoms with Gasteiger partial charge in [0.15, 0.2) is 0 Å². The summed E-state index contributed by atoms with van der Waals surface area (Å²) in [7, 11) is 0. The van der Waals surface area contributed by atoms with Crippen molar-refractivity contribution in [2.75, 3.05) is 0 Å². The Hall–Kier alpha value is -1.01. The summed E-state index contributed by atoms with van der Waals surface area (Å²) in [4.78, 5) is 24.2. The van der Waals surface area contributed by atoms with Gasteiger partial charge in [0.2, 0.25) is 0 Å². The van der Waals surface area contributed by atoms with E-state index in [4.69, 9.17) is 11.6 Å². The highest BCUT2D eigenvalue weighted by Crippen LogP contribution is 2.25. The van der Waals surface area contributed by atoms with E-state index < -0.39 is 10.2 Å². The molecule has 0 fully saturated rings. The molecule has 1 aromatic heterocycles. The summed E-state index contributed by atoms with van der Waals surface area (Å²) < 4.78 is 0.0710. The van der Waals surface area contributed by atoms with Gasteiger partial charge in [-0.15, -0.1) is 0 Å². The number of carbonyl (C=O) groups excluding carboxylic acids is 1. The molecule has 0 aromatic carbocycles. The minimum Gasteiger partial charge on any atom is -0.275 e. The van der Waals surface area contributed by atoms with Crippen molar-refractivity contribution in [3.63, 3.8) is 0 Å². The molecule has 0 atom stereocenters. The van der Waals surface area contributed by atoms with Crippen LogP contribution in [0.4, 0.5) is 5.69 Å². The summed E-state index contributed by atoms with van der Waals surface area (Å²) >= 11 is 8.04. The minimum absolute atomic E-state index is 0.0710. The van der Waals surface area contributed by atoms with Crippen LogP contribution in [0.2, 0.25) is 0 Å². The molecule has 13 heavy (non-hydrogen) atoms. The third kappa shape index (κ3) is 2.02. The van der Waals surface area contributed by atoms with Gasteiger partial charge < -0.3 is 0 Å². The predicted molar refractivity (Wildman–Crippen MR) is 48.8 cm³/mol. The predicted octanol–water partition coefficient (Wildman–Crippen LogP) is 2.13. The summed E-state index contributed by atoms with van der Waals surface area (Å²) in [5.74, 6) is 0. The second-order valence-corrected chi connectivity index (χ2v) is 3.12. The van der Waals surface area contributed by atoms with Crippen molar-refractivity contribution in [1.82, 2.24) is 4.98 Å². The second-order valence-electron chi connectivity index (χ2n) is 2.03. The van der Waals surface area contributed by atoms with Gasteiger partial charge in [0, 0.05) is 12.3 Å². The maximum absolute atomic E-state index is 10.8. The first kappa shape index (κ1) is 10.1. The van der Waals surface area contributed by atoms with Gasteiger partial charge in [-0.1, -0.05) is 0 Å². The van der Waals surface area contributed by atoms with Gasteiger partial charge in [-0.2, -0.15) is 0 Å². The van der Waals surface area contributed by atoms with E-state index >= 15 is 0 Å². The highest BCUT2D eigenvalue weighted by atomic mass is 79.9. The van der Waals surface area contributed by atoms with Crippen LogP contribution in [-0.2, 0) is 0 Å². The summed E-state index contributed by atoms with van der Waals surface area (Å²) in [5.41, 5.74) is -0.587. The molecule has 0 N–H and O–H groups in total. The fourth-order valence-electron chi connectivity index (χ4n) is 0.761. The zero-order chi connectivity index (χ0) is 10.0. The van der Waals surface area contributed by atoms with Crippen LogP contribution in [0.3, 0.4) is 0 Å². The molecule has 0 unspecified atom stereocenters. The lowest BCUT2D eigenvalue weighted by atomic mass is 10.2. The number of pyridine rings is 1. The third-order valence-electron chi connectivity index (χ3n) is 1.28.